The number of hydrogen-bond donors (Lipinski definition) is 0. The first-order valence-electron chi connectivity index (χ1n) is 6.12. The molecule has 1 heterocycles. The quantitative estimate of drug-likeness (QED) is 0.869. The summed E-state index contributed by atoms with van der Waals surface area (Å²) in [6.07, 6.45) is 2.73. The van der Waals surface area contributed by atoms with E-state index in [-0.39, 0.29) is 16.8 Å². The Kier molecular flexibility index (Phi) is 4.93. The maximum atomic E-state index is 12.3. The van der Waals surface area contributed by atoms with Gasteiger partial charge < -0.3 is 4.90 Å². The van der Waals surface area contributed by atoms with Crippen LogP contribution >= 0.6 is 23.2 Å². The number of halogens is 2. The van der Waals surface area contributed by atoms with Gasteiger partial charge in [0.15, 0.2) is 0 Å². The number of carbonyl (C=O) groups excluding carboxylic acids is 1. The Labute approximate surface area is 127 Å². The first kappa shape index (κ1) is 14.8. The van der Waals surface area contributed by atoms with E-state index in [1.807, 2.05) is 25.1 Å². The van der Waals surface area contributed by atoms with Gasteiger partial charge in [0.1, 0.15) is 10.8 Å². The van der Waals surface area contributed by atoms with Crippen LogP contribution < -0.4 is 0 Å². The predicted molar refractivity (Wildman–Crippen MR) is 78.9 cm³/mol. The molecule has 0 N–H and O–H groups in total. The zero-order valence-electron chi connectivity index (χ0n) is 10.9. The van der Waals surface area contributed by atoms with E-state index >= 15 is 0 Å². The van der Waals surface area contributed by atoms with Gasteiger partial charge in [0.05, 0.1) is 12.4 Å². The van der Waals surface area contributed by atoms with E-state index in [0.29, 0.717) is 18.1 Å². The van der Waals surface area contributed by atoms with Gasteiger partial charge in [0.2, 0.25) is 0 Å². The lowest BCUT2D eigenvalue weighted by Crippen LogP contribution is -2.31. The summed E-state index contributed by atoms with van der Waals surface area (Å²) in [4.78, 5) is 21.9. The monoisotopic (exact) mass is 309 g/mol. The van der Waals surface area contributed by atoms with E-state index in [1.54, 1.807) is 11.0 Å². The molecule has 1 amide bonds. The smallest absolute Gasteiger partial charge is 0.274 e. The molecule has 0 unspecified atom stereocenters. The molecule has 1 aromatic carbocycles. The minimum Gasteiger partial charge on any atom is -0.333 e. The Balaban J connectivity index is 2.18. The summed E-state index contributed by atoms with van der Waals surface area (Å²) in [5, 5.41) is 0.900. The number of rotatable bonds is 4. The summed E-state index contributed by atoms with van der Waals surface area (Å²) in [5.74, 6) is -0.198. The highest BCUT2D eigenvalue weighted by molar-refractivity contribution is 6.31. The fourth-order valence-electron chi connectivity index (χ4n) is 1.74. The van der Waals surface area contributed by atoms with Gasteiger partial charge in [-0.05, 0) is 18.6 Å². The fourth-order valence-corrected chi connectivity index (χ4v) is 2.04. The normalized spacial score (nSPS) is 10.3. The van der Waals surface area contributed by atoms with E-state index in [0.717, 1.165) is 5.56 Å². The molecule has 0 aliphatic carbocycles. The molecule has 0 bridgehead atoms. The van der Waals surface area contributed by atoms with Crippen molar-refractivity contribution >= 4 is 29.1 Å². The van der Waals surface area contributed by atoms with E-state index in [2.05, 4.69) is 9.97 Å². The highest BCUT2D eigenvalue weighted by Crippen LogP contribution is 2.18. The van der Waals surface area contributed by atoms with Gasteiger partial charge in [-0.2, -0.15) is 0 Å². The Morgan fingerprint density at radius 2 is 1.95 bits per heavy atom. The summed E-state index contributed by atoms with van der Waals surface area (Å²) in [5.41, 5.74) is 1.16. The second-order valence-electron chi connectivity index (χ2n) is 4.14. The number of aromatic nitrogens is 2. The van der Waals surface area contributed by atoms with Crippen LogP contribution in [0, 0.1) is 0 Å². The van der Waals surface area contributed by atoms with E-state index < -0.39 is 0 Å². The summed E-state index contributed by atoms with van der Waals surface area (Å²) in [7, 11) is 0. The number of carbonyl (C=O) groups is 1. The molecule has 0 fully saturated rings. The zero-order chi connectivity index (χ0) is 14.5. The largest absolute Gasteiger partial charge is 0.333 e. The van der Waals surface area contributed by atoms with Gasteiger partial charge >= 0.3 is 0 Å². The van der Waals surface area contributed by atoms with E-state index in [1.165, 1.54) is 12.4 Å². The molecule has 0 saturated heterocycles. The molecule has 20 heavy (non-hydrogen) atoms. The maximum Gasteiger partial charge on any atom is 0.274 e. The van der Waals surface area contributed by atoms with Gasteiger partial charge in [-0.25, -0.2) is 9.97 Å². The fraction of sp³-hybridized carbons (Fsp3) is 0.214. The van der Waals surface area contributed by atoms with Crippen LogP contribution in [-0.4, -0.2) is 27.3 Å². The highest BCUT2D eigenvalue weighted by atomic mass is 35.5. The third kappa shape index (κ3) is 3.46. The number of benzene rings is 1. The second-order valence-corrected chi connectivity index (χ2v) is 4.93. The molecule has 104 valence electrons. The van der Waals surface area contributed by atoms with Crippen LogP contribution in [0.5, 0.6) is 0 Å². The molecular formula is C14H13Cl2N3O. The summed E-state index contributed by atoms with van der Waals surface area (Å²) < 4.78 is 0. The molecule has 0 atom stereocenters. The van der Waals surface area contributed by atoms with E-state index in [9.17, 15) is 4.79 Å². The second kappa shape index (κ2) is 6.68. The molecule has 0 aliphatic rings. The Hall–Kier alpha value is -1.65. The lowest BCUT2D eigenvalue weighted by Gasteiger charge is -2.21. The van der Waals surface area contributed by atoms with Crippen LogP contribution in [0.2, 0.25) is 10.2 Å². The van der Waals surface area contributed by atoms with Crippen LogP contribution in [0.25, 0.3) is 0 Å². The third-order valence-corrected chi connectivity index (χ3v) is 3.39. The van der Waals surface area contributed by atoms with Crippen molar-refractivity contribution in [1.29, 1.82) is 0 Å². The first-order chi connectivity index (χ1) is 9.61. The molecule has 6 heteroatoms. The van der Waals surface area contributed by atoms with Crippen molar-refractivity contribution in [1.82, 2.24) is 14.9 Å². The minimum absolute atomic E-state index is 0.198. The van der Waals surface area contributed by atoms with Crippen LogP contribution in [0.3, 0.4) is 0 Å². The van der Waals surface area contributed by atoms with Gasteiger partial charge in [-0.1, -0.05) is 41.4 Å². The third-order valence-electron chi connectivity index (χ3n) is 2.83. The van der Waals surface area contributed by atoms with Crippen molar-refractivity contribution in [3.8, 4) is 0 Å². The van der Waals surface area contributed by atoms with Gasteiger partial charge in [0.25, 0.3) is 5.91 Å². The highest BCUT2D eigenvalue weighted by Gasteiger charge is 2.17. The van der Waals surface area contributed by atoms with E-state index in [4.69, 9.17) is 23.2 Å². The van der Waals surface area contributed by atoms with Crippen molar-refractivity contribution in [3.63, 3.8) is 0 Å². The van der Waals surface area contributed by atoms with Crippen LogP contribution in [0.15, 0.2) is 36.7 Å². The maximum absolute atomic E-state index is 12.3. The van der Waals surface area contributed by atoms with Crippen LogP contribution in [-0.2, 0) is 6.54 Å². The molecule has 0 radical (unpaired) electrons. The molecule has 0 aliphatic heterocycles. The predicted octanol–water partition coefficient (Wildman–Crippen LogP) is 3.45. The molecule has 0 spiro atoms. The minimum atomic E-state index is -0.198. The van der Waals surface area contributed by atoms with Gasteiger partial charge in [-0.15, -0.1) is 0 Å². The number of hydrogen-bond acceptors (Lipinski definition) is 3. The molecular weight excluding hydrogens is 297 g/mol. The Morgan fingerprint density at radius 1 is 1.20 bits per heavy atom. The molecule has 1 aromatic heterocycles. The van der Waals surface area contributed by atoms with Crippen LogP contribution in [0.1, 0.15) is 23.0 Å². The average Bonchev–Trinajstić information content (AvgIpc) is 2.46. The van der Waals surface area contributed by atoms with Gasteiger partial charge in [-0.3, -0.25) is 4.79 Å². The lowest BCUT2D eigenvalue weighted by atomic mass is 10.2. The molecule has 2 rings (SSSR count). The van der Waals surface area contributed by atoms with Crippen LogP contribution in [0.4, 0.5) is 0 Å². The topological polar surface area (TPSA) is 46.1 Å². The van der Waals surface area contributed by atoms with Crippen molar-refractivity contribution in [2.75, 3.05) is 6.54 Å². The summed E-state index contributed by atoms with van der Waals surface area (Å²) in [6, 6.07) is 7.44. The Morgan fingerprint density at radius 3 is 2.55 bits per heavy atom. The van der Waals surface area contributed by atoms with Crippen molar-refractivity contribution in [2.24, 2.45) is 0 Å². The number of amides is 1. The SMILES string of the molecule is CCN(Cc1ccccc1Cl)C(=O)c1cnc(Cl)cn1. The van der Waals surface area contributed by atoms with Crippen molar-refractivity contribution in [3.05, 3.63) is 58.1 Å². The first-order valence-corrected chi connectivity index (χ1v) is 6.87. The molecule has 4 nitrogen and oxygen atoms in total. The lowest BCUT2D eigenvalue weighted by molar-refractivity contribution is 0.0746. The summed E-state index contributed by atoms with van der Waals surface area (Å²) in [6.45, 7) is 2.88. The standard InChI is InChI=1S/C14H13Cl2N3O/c1-2-19(9-10-5-3-4-6-11(10)15)14(20)12-7-18-13(16)8-17-12/h3-8H,2,9H2,1H3. The van der Waals surface area contributed by atoms with Crippen molar-refractivity contribution in [2.45, 2.75) is 13.5 Å². The molecule has 2 aromatic rings. The van der Waals surface area contributed by atoms with Crippen molar-refractivity contribution < 1.29 is 4.79 Å². The van der Waals surface area contributed by atoms with Gasteiger partial charge in [0, 0.05) is 18.1 Å². The zero-order valence-corrected chi connectivity index (χ0v) is 12.4. The number of nitrogens with zero attached hydrogens (tertiary/aromatic N) is 3. The summed E-state index contributed by atoms with van der Waals surface area (Å²) >= 11 is 11.8. The molecule has 0 saturated carbocycles. The average molecular weight is 310 g/mol. The Bertz CT molecular complexity index is 602.